The van der Waals surface area contributed by atoms with Gasteiger partial charge in [0.15, 0.2) is 6.10 Å². The molecule has 1 atom stereocenters. The van der Waals surface area contributed by atoms with Gasteiger partial charge in [0.1, 0.15) is 13.2 Å². The smallest absolute Gasteiger partial charge is 0.306 e. The van der Waals surface area contributed by atoms with Crippen molar-refractivity contribution >= 4 is 17.9 Å². The summed E-state index contributed by atoms with van der Waals surface area (Å²) >= 11 is 0. The lowest BCUT2D eigenvalue weighted by Crippen LogP contribution is -2.30. The summed E-state index contributed by atoms with van der Waals surface area (Å²) < 4.78 is 16.8. The van der Waals surface area contributed by atoms with Crippen molar-refractivity contribution in [1.29, 1.82) is 0 Å². The third-order valence-corrected chi connectivity index (χ3v) is 13.7. The summed E-state index contributed by atoms with van der Waals surface area (Å²) in [6, 6.07) is 0. The first kappa shape index (κ1) is 73.8. The molecule has 78 heavy (non-hydrogen) atoms. The molecule has 0 aromatic rings. The summed E-state index contributed by atoms with van der Waals surface area (Å²) in [4.78, 5) is 38.3. The quantitative estimate of drug-likeness (QED) is 0.0261. The highest BCUT2D eigenvalue weighted by atomic mass is 16.6. The van der Waals surface area contributed by atoms with E-state index in [0.717, 1.165) is 116 Å². The van der Waals surface area contributed by atoms with E-state index in [9.17, 15) is 14.4 Å². The van der Waals surface area contributed by atoms with Crippen molar-refractivity contribution in [2.45, 2.75) is 303 Å². The molecule has 0 fully saturated rings. The Morgan fingerprint density at radius 1 is 0.269 bits per heavy atom. The van der Waals surface area contributed by atoms with Crippen LogP contribution in [0.3, 0.4) is 0 Å². The van der Waals surface area contributed by atoms with Gasteiger partial charge in [0.05, 0.1) is 0 Å². The van der Waals surface area contributed by atoms with E-state index in [0.29, 0.717) is 12.8 Å². The highest BCUT2D eigenvalue weighted by molar-refractivity contribution is 5.71. The molecule has 0 bridgehead atoms. The van der Waals surface area contributed by atoms with Gasteiger partial charge in [0, 0.05) is 19.3 Å². The Bertz CT molecular complexity index is 1620. The summed E-state index contributed by atoms with van der Waals surface area (Å²) in [6.45, 7) is 6.35. The van der Waals surface area contributed by atoms with Gasteiger partial charge in [-0.15, -0.1) is 0 Å². The van der Waals surface area contributed by atoms with Gasteiger partial charge >= 0.3 is 17.9 Å². The summed E-state index contributed by atoms with van der Waals surface area (Å²) in [6.07, 6.45) is 90.9. The van der Waals surface area contributed by atoms with Gasteiger partial charge in [-0.25, -0.2) is 0 Å². The van der Waals surface area contributed by atoms with E-state index in [1.165, 1.54) is 135 Å². The van der Waals surface area contributed by atoms with Crippen LogP contribution in [-0.2, 0) is 28.6 Å². The number of hydrogen-bond acceptors (Lipinski definition) is 6. The number of carbonyl (C=O) groups excluding carboxylic acids is 3. The van der Waals surface area contributed by atoms with Crippen LogP contribution >= 0.6 is 0 Å². The van der Waals surface area contributed by atoms with Crippen molar-refractivity contribution in [3.63, 3.8) is 0 Å². The Hall–Kier alpha value is -4.19. The Kier molecular flexibility index (Phi) is 61.8. The van der Waals surface area contributed by atoms with Crippen LogP contribution in [0.4, 0.5) is 0 Å². The second kappa shape index (κ2) is 65.3. The minimum absolute atomic E-state index is 0.111. The van der Waals surface area contributed by atoms with Crippen LogP contribution in [-0.4, -0.2) is 37.2 Å². The number of hydrogen-bond donors (Lipinski definition) is 0. The van der Waals surface area contributed by atoms with Crippen molar-refractivity contribution < 1.29 is 28.6 Å². The molecule has 0 aliphatic rings. The van der Waals surface area contributed by atoms with Crippen LogP contribution in [0.5, 0.6) is 0 Å². The molecular formula is C72H120O6. The maximum Gasteiger partial charge on any atom is 0.306 e. The maximum atomic E-state index is 12.9. The Morgan fingerprint density at radius 3 is 0.859 bits per heavy atom. The van der Waals surface area contributed by atoms with E-state index in [4.69, 9.17) is 14.2 Å². The monoisotopic (exact) mass is 1080 g/mol. The van der Waals surface area contributed by atoms with Gasteiger partial charge in [-0.05, 0) is 96.3 Å². The van der Waals surface area contributed by atoms with Crippen molar-refractivity contribution in [2.24, 2.45) is 0 Å². The first-order valence-electron chi connectivity index (χ1n) is 32.5. The van der Waals surface area contributed by atoms with Crippen LogP contribution in [0.1, 0.15) is 297 Å². The second-order valence-corrected chi connectivity index (χ2v) is 21.3. The molecule has 0 aromatic carbocycles. The van der Waals surface area contributed by atoms with E-state index >= 15 is 0 Å². The van der Waals surface area contributed by atoms with Gasteiger partial charge in [-0.2, -0.15) is 0 Å². The summed E-state index contributed by atoms with van der Waals surface area (Å²) in [7, 11) is 0. The molecule has 0 saturated heterocycles. The summed E-state index contributed by atoms with van der Waals surface area (Å²) in [5.41, 5.74) is 0. The van der Waals surface area contributed by atoms with E-state index in [1.807, 2.05) is 6.08 Å². The lowest BCUT2D eigenvalue weighted by molar-refractivity contribution is -0.166. The zero-order chi connectivity index (χ0) is 56.4. The lowest BCUT2D eigenvalue weighted by atomic mass is 10.0. The van der Waals surface area contributed by atoms with E-state index in [-0.39, 0.29) is 44.0 Å². The summed E-state index contributed by atoms with van der Waals surface area (Å²) in [5, 5.41) is 0. The number of unbranched alkanes of at least 4 members (excludes halogenated alkanes) is 27. The second-order valence-electron chi connectivity index (χ2n) is 21.3. The fourth-order valence-corrected chi connectivity index (χ4v) is 8.93. The van der Waals surface area contributed by atoms with Crippen LogP contribution in [0.2, 0.25) is 0 Å². The van der Waals surface area contributed by atoms with Crippen LogP contribution < -0.4 is 0 Å². The molecule has 0 amide bonds. The van der Waals surface area contributed by atoms with Gasteiger partial charge in [-0.1, -0.05) is 303 Å². The zero-order valence-corrected chi connectivity index (χ0v) is 50.9. The van der Waals surface area contributed by atoms with Crippen molar-refractivity contribution in [3.05, 3.63) is 122 Å². The fourth-order valence-electron chi connectivity index (χ4n) is 8.93. The van der Waals surface area contributed by atoms with Gasteiger partial charge < -0.3 is 14.2 Å². The van der Waals surface area contributed by atoms with Crippen molar-refractivity contribution in [3.8, 4) is 0 Å². The number of esters is 3. The molecular weight excluding hydrogens is 961 g/mol. The van der Waals surface area contributed by atoms with Gasteiger partial charge in [-0.3, -0.25) is 14.4 Å². The number of allylic oxidation sites excluding steroid dienone is 20. The molecule has 0 aromatic heterocycles. The average Bonchev–Trinajstić information content (AvgIpc) is 3.44. The highest BCUT2D eigenvalue weighted by Crippen LogP contribution is 2.17. The molecule has 0 N–H and O–H groups in total. The predicted molar refractivity (Wildman–Crippen MR) is 339 cm³/mol. The Balaban J connectivity index is 4.40. The normalized spacial score (nSPS) is 12.9. The van der Waals surface area contributed by atoms with Crippen molar-refractivity contribution in [1.82, 2.24) is 0 Å². The van der Waals surface area contributed by atoms with E-state index in [1.54, 1.807) is 0 Å². The molecule has 6 nitrogen and oxygen atoms in total. The molecule has 0 aliphatic carbocycles. The first-order valence-corrected chi connectivity index (χ1v) is 32.5. The summed E-state index contributed by atoms with van der Waals surface area (Å²) in [5.74, 6) is -1.02. The topological polar surface area (TPSA) is 78.9 Å². The predicted octanol–water partition coefficient (Wildman–Crippen LogP) is 22.4. The minimum Gasteiger partial charge on any atom is -0.462 e. The van der Waals surface area contributed by atoms with Crippen LogP contribution in [0.15, 0.2) is 122 Å². The first-order chi connectivity index (χ1) is 38.5. The largest absolute Gasteiger partial charge is 0.462 e. The maximum absolute atomic E-state index is 12.9. The number of carbonyl (C=O) groups is 3. The van der Waals surface area contributed by atoms with Crippen molar-refractivity contribution in [2.75, 3.05) is 13.2 Å². The zero-order valence-electron chi connectivity index (χ0n) is 50.9. The molecule has 0 saturated carbocycles. The lowest BCUT2D eigenvalue weighted by Gasteiger charge is -2.18. The molecule has 444 valence electrons. The van der Waals surface area contributed by atoms with Gasteiger partial charge in [0.25, 0.3) is 0 Å². The highest BCUT2D eigenvalue weighted by Gasteiger charge is 2.19. The molecule has 0 radical (unpaired) electrons. The third-order valence-electron chi connectivity index (χ3n) is 13.7. The van der Waals surface area contributed by atoms with E-state index < -0.39 is 6.10 Å². The molecule has 0 heterocycles. The number of rotatable bonds is 58. The SMILES string of the molecule is CC/C=C\C/C=C\C/C=C\C/C=C\C/C=C\C/C=C\CCCCCCC(=O)OC(COC(=O)CC/C=C\C/C=C\C/C=C\C/C=C\CC)COC(=O)CCCCCCCCCCCCCCCCCCCCCCCCCC. The average molecular weight is 1080 g/mol. The molecule has 0 rings (SSSR count). The minimum atomic E-state index is -0.824. The Labute approximate surface area is 482 Å². The number of ether oxygens (including phenoxy) is 3. The molecule has 1 unspecified atom stereocenters. The molecule has 0 spiro atoms. The molecule has 0 aliphatic heterocycles. The van der Waals surface area contributed by atoms with Crippen LogP contribution in [0, 0.1) is 0 Å². The van der Waals surface area contributed by atoms with Gasteiger partial charge in [0.2, 0.25) is 0 Å². The van der Waals surface area contributed by atoms with Crippen LogP contribution in [0.25, 0.3) is 0 Å². The Morgan fingerprint density at radius 2 is 0.526 bits per heavy atom. The third kappa shape index (κ3) is 62.7. The van der Waals surface area contributed by atoms with E-state index in [2.05, 4.69) is 136 Å². The standard InChI is InChI=1S/C72H120O6/c1-4-7-10-13-16-19-22-25-27-29-31-33-35-37-38-40-42-44-47-50-53-56-59-62-65-71(74)77-68-69(67-76-70(73)64-61-58-55-52-49-46-24-21-18-15-12-9-6-3)78-72(75)66-63-60-57-54-51-48-45-43-41-39-36-34-32-30-28-26-23-20-17-14-11-8-5-2/h8-9,11-12,17-18,20-21,26,28,32,34,39,41,45-46,48-49,55,58,69H,4-7,10,13-16,19,22-25,27,29-31,33,35-38,40,42-44,47,50-54,56-57,59-68H2,1-3H3/b11-8-,12-9-,20-17-,21-18-,28-26-,34-32-,41-39-,48-45-,49-46-,58-55-. The molecule has 6 heteroatoms. The fraction of sp³-hybridized carbons (Fsp3) is 0.681.